The Bertz CT molecular complexity index is 194. The van der Waals surface area contributed by atoms with Crippen LogP contribution in [0.3, 0.4) is 0 Å². The van der Waals surface area contributed by atoms with Crippen LogP contribution in [0.2, 0.25) is 0 Å². The standard InChI is InChI=1S/C10H21NOS/c1-9(2,3)10(4,5)11(6)8(12)13-7/h1-7H3. The Morgan fingerprint density at radius 3 is 1.77 bits per heavy atom. The molecule has 0 saturated carbocycles. The molecule has 0 aliphatic heterocycles. The summed E-state index contributed by atoms with van der Waals surface area (Å²) in [7, 11) is 1.87. The highest BCUT2D eigenvalue weighted by Gasteiger charge is 2.38. The van der Waals surface area contributed by atoms with E-state index in [0.717, 1.165) is 0 Å². The molecule has 78 valence electrons. The van der Waals surface area contributed by atoms with Crippen LogP contribution in [0, 0.1) is 5.41 Å². The molecule has 0 aliphatic rings. The van der Waals surface area contributed by atoms with Crippen molar-refractivity contribution in [2.24, 2.45) is 5.41 Å². The van der Waals surface area contributed by atoms with Crippen LogP contribution in [-0.4, -0.2) is 29.0 Å². The molecule has 0 fully saturated rings. The van der Waals surface area contributed by atoms with Gasteiger partial charge in [-0.1, -0.05) is 32.5 Å². The largest absolute Gasteiger partial charge is 0.331 e. The van der Waals surface area contributed by atoms with Gasteiger partial charge in [-0.2, -0.15) is 0 Å². The summed E-state index contributed by atoms with van der Waals surface area (Å²) >= 11 is 1.26. The van der Waals surface area contributed by atoms with Crippen molar-refractivity contribution >= 4 is 17.0 Å². The molecule has 0 aromatic heterocycles. The molecule has 0 aromatic rings. The molecule has 0 heterocycles. The summed E-state index contributed by atoms with van der Waals surface area (Å²) < 4.78 is 0. The van der Waals surface area contributed by atoms with E-state index in [1.807, 2.05) is 18.2 Å². The van der Waals surface area contributed by atoms with Gasteiger partial charge in [-0.15, -0.1) is 0 Å². The minimum absolute atomic E-state index is 0.0904. The zero-order valence-electron chi connectivity index (χ0n) is 9.76. The van der Waals surface area contributed by atoms with Gasteiger partial charge < -0.3 is 4.90 Å². The number of nitrogens with zero attached hydrogens (tertiary/aromatic N) is 1. The summed E-state index contributed by atoms with van der Waals surface area (Å²) in [6.45, 7) is 10.6. The predicted molar refractivity (Wildman–Crippen MR) is 60.2 cm³/mol. The van der Waals surface area contributed by atoms with E-state index in [2.05, 4.69) is 34.6 Å². The summed E-state index contributed by atoms with van der Waals surface area (Å²) in [5.74, 6) is 0. The summed E-state index contributed by atoms with van der Waals surface area (Å²) in [5, 5.41) is 0.125. The Morgan fingerprint density at radius 2 is 1.54 bits per heavy atom. The molecule has 0 unspecified atom stereocenters. The molecule has 0 N–H and O–H groups in total. The van der Waals surface area contributed by atoms with Gasteiger partial charge in [0.05, 0.1) is 0 Å². The van der Waals surface area contributed by atoms with Gasteiger partial charge in [-0.3, -0.25) is 4.79 Å². The SMILES string of the molecule is CSC(=O)N(C)C(C)(C)C(C)(C)C. The highest BCUT2D eigenvalue weighted by atomic mass is 32.2. The van der Waals surface area contributed by atoms with Crippen molar-refractivity contribution in [2.45, 2.75) is 40.2 Å². The van der Waals surface area contributed by atoms with E-state index in [-0.39, 0.29) is 16.2 Å². The van der Waals surface area contributed by atoms with Crippen LogP contribution in [0.1, 0.15) is 34.6 Å². The van der Waals surface area contributed by atoms with Gasteiger partial charge >= 0.3 is 0 Å². The molecule has 0 rings (SSSR count). The smallest absolute Gasteiger partial charge is 0.281 e. The van der Waals surface area contributed by atoms with Crippen molar-refractivity contribution in [2.75, 3.05) is 13.3 Å². The zero-order valence-corrected chi connectivity index (χ0v) is 10.6. The predicted octanol–water partition coefficient (Wildman–Crippen LogP) is 3.23. The summed E-state index contributed by atoms with van der Waals surface area (Å²) in [6, 6.07) is 0. The molecular formula is C10H21NOS. The maximum Gasteiger partial charge on any atom is 0.281 e. The van der Waals surface area contributed by atoms with Gasteiger partial charge in [0.2, 0.25) is 0 Å². The number of rotatable bonds is 1. The van der Waals surface area contributed by atoms with Crippen LogP contribution >= 0.6 is 11.8 Å². The first-order valence-corrected chi connectivity index (χ1v) is 5.69. The Labute approximate surface area is 86.1 Å². The zero-order chi connectivity index (χ0) is 10.9. The first-order valence-electron chi connectivity index (χ1n) is 4.46. The second-order valence-electron chi connectivity index (χ2n) is 4.84. The van der Waals surface area contributed by atoms with Crippen LogP contribution in [0.4, 0.5) is 4.79 Å². The second-order valence-corrected chi connectivity index (χ2v) is 5.60. The lowest BCUT2D eigenvalue weighted by molar-refractivity contribution is 0.0797. The average molecular weight is 203 g/mol. The van der Waals surface area contributed by atoms with Crippen molar-refractivity contribution in [3.8, 4) is 0 Å². The van der Waals surface area contributed by atoms with E-state index in [1.165, 1.54) is 11.8 Å². The van der Waals surface area contributed by atoms with Crippen molar-refractivity contribution in [3.05, 3.63) is 0 Å². The normalized spacial score (nSPS) is 12.8. The van der Waals surface area contributed by atoms with Crippen molar-refractivity contribution in [3.63, 3.8) is 0 Å². The van der Waals surface area contributed by atoms with Crippen molar-refractivity contribution in [1.29, 1.82) is 0 Å². The molecule has 0 aliphatic carbocycles. The first-order chi connectivity index (χ1) is 5.64. The Hall–Kier alpha value is -0.180. The van der Waals surface area contributed by atoms with Crippen LogP contribution in [0.25, 0.3) is 0 Å². The quantitative estimate of drug-likeness (QED) is 0.652. The molecule has 3 heteroatoms. The fourth-order valence-corrected chi connectivity index (χ4v) is 1.37. The van der Waals surface area contributed by atoms with Gasteiger partial charge in [-0.05, 0) is 25.5 Å². The fraction of sp³-hybridized carbons (Fsp3) is 0.900. The molecule has 1 amide bonds. The van der Waals surface area contributed by atoms with Crippen molar-refractivity contribution < 1.29 is 4.79 Å². The first kappa shape index (κ1) is 12.8. The third-order valence-electron chi connectivity index (χ3n) is 3.12. The van der Waals surface area contributed by atoms with E-state index in [4.69, 9.17) is 0 Å². The molecule has 0 aromatic carbocycles. The lowest BCUT2D eigenvalue weighted by Gasteiger charge is -2.45. The summed E-state index contributed by atoms with van der Waals surface area (Å²) in [6.07, 6.45) is 1.82. The number of hydrogen-bond acceptors (Lipinski definition) is 2. The Kier molecular flexibility index (Phi) is 3.85. The number of thioether (sulfide) groups is 1. The van der Waals surface area contributed by atoms with E-state index in [9.17, 15) is 4.79 Å². The second kappa shape index (κ2) is 3.91. The molecular weight excluding hydrogens is 182 g/mol. The molecule has 0 radical (unpaired) electrons. The van der Waals surface area contributed by atoms with E-state index < -0.39 is 0 Å². The molecule has 0 saturated heterocycles. The van der Waals surface area contributed by atoms with Crippen LogP contribution in [0.5, 0.6) is 0 Å². The van der Waals surface area contributed by atoms with Crippen LogP contribution in [-0.2, 0) is 0 Å². The third kappa shape index (κ3) is 2.63. The molecule has 13 heavy (non-hydrogen) atoms. The van der Waals surface area contributed by atoms with Crippen molar-refractivity contribution in [1.82, 2.24) is 4.90 Å². The molecule has 2 nitrogen and oxygen atoms in total. The van der Waals surface area contributed by atoms with Crippen LogP contribution < -0.4 is 0 Å². The number of amides is 1. The maximum atomic E-state index is 11.5. The maximum absolute atomic E-state index is 11.5. The van der Waals surface area contributed by atoms with Gasteiger partial charge in [0.25, 0.3) is 5.24 Å². The highest BCUT2D eigenvalue weighted by molar-refractivity contribution is 8.12. The van der Waals surface area contributed by atoms with Gasteiger partial charge in [0.15, 0.2) is 0 Å². The summed E-state index contributed by atoms with van der Waals surface area (Å²) in [4.78, 5) is 13.3. The minimum atomic E-state index is -0.118. The third-order valence-corrected chi connectivity index (χ3v) is 3.75. The van der Waals surface area contributed by atoms with E-state index in [1.54, 1.807) is 0 Å². The van der Waals surface area contributed by atoms with E-state index >= 15 is 0 Å². The molecule has 0 atom stereocenters. The van der Waals surface area contributed by atoms with Crippen LogP contribution in [0.15, 0.2) is 0 Å². The lowest BCUT2D eigenvalue weighted by Crippen LogP contribution is -2.52. The monoisotopic (exact) mass is 203 g/mol. The van der Waals surface area contributed by atoms with Gasteiger partial charge in [0.1, 0.15) is 0 Å². The number of carbonyl (C=O) groups excluding carboxylic acids is 1. The summed E-state index contributed by atoms with van der Waals surface area (Å²) in [5.41, 5.74) is -0.0275. The number of hydrogen-bond donors (Lipinski definition) is 0. The van der Waals surface area contributed by atoms with Gasteiger partial charge in [-0.25, -0.2) is 0 Å². The average Bonchev–Trinajstić information content (AvgIpc) is 1.99. The van der Waals surface area contributed by atoms with E-state index in [0.29, 0.717) is 0 Å². The highest BCUT2D eigenvalue weighted by Crippen LogP contribution is 2.35. The Balaban J connectivity index is 4.74. The fourth-order valence-electron chi connectivity index (χ4n) is 0.868. The molecule has 0 spiro atoms. The van der Waals surface area contributed by atoms with Gasteiger partial charge in [0, 0.05) is 12.6 Å². The Morgan fingerprint density at radius 1 is 1.15 bits per heavy atom. The topological polar surface area (TPSA) is 20.3 Å². The minimum Gasteiger partial charge on any atom is -0.331 e. The molecule has 0 bridgehead atoms. The number of carbonyl (C=O) groups is 1. The lowest BCUT2D eigenvalue weighted by atomic mass is 9.75.